The molecule has 1 unspecified atom stereocenters. The second-order valence-corrected chi connectivity index (χ2v) is 18.6. The van der Waals surface area contributed by atoms with Crippen molar-refractivity contribution in [2.75, 3.05) is 52.4 Å². The van der Waals surface area contributed by atoms with Gasteiger partial charge in [-0.25, -0.2) is 0 Å². The zero-order valence-electron chi connectivity index (χ0n) is 34.2. The molecular weight excluding hydrogens is 544 g/mol. The van der Waals surface area contributed by atoms with Crippen LogP contribution in [0.2, 0.25) is 0 Å². The van der Waals surface area contributed by atoms with E-state index in [9.17, 15) is 0 Å². The second-order valence-electron chi connectivity index (χ2n) is 18.6. The molecule has 0 amide bonds. The number of hydrogen-bond donors (Lipinski definition) is 0. The van der Waals surface area contributed by atoms with Gasteiger partial charge in [-0.2, -0.15) is 0 Å². The molecule has 0 heterocycles. The number of unbranched alkanes of at least 4 members (excludes halogenated alkanes) is 9. The number of hydrogen-bond acceptors (Lipinski definition) is 0. The van der Waals surface area contributed by atoms with Gasteiger partial charge in [-0.15, -0.1) is 0 Å². The summed E-state index contributed by atoms with van der Waals surface area (Å²) in [6.45, 7) is 42.8. The van der Waals surface area contributed by atoms with Crippen molar-refractivity contribution < 1.29 is 8.97 Å². The van der Waals surface area contributed by atoms with Crippen LogP contribution in [0.3, 0.4) is 0 Å². The van der Waals surface area contributed by atoms with Gasteiger partial charge in [0.25, 0.3) is 0 Å². The Kier molecular flexibility index (Phi) is 25.8. The average Bonchev–Trinajstić information content (AvgIpc) is 2.95. The summed E-state index contributed by atoms with van der Waals surface area (Å²) in [5.41, 5.74) is 0. The van der Waals surface area contributed by atoms with Gasteiger partial charge in [0.15, 0.2) is 0 Å². The van der Waals surface area contributed by atoms with Crippen LogP contribution in [0.15, 0.2) is 0 Å². The average molecular weight is 637 g/mol. The van der Waals surface area contributed by atoms with Crippen LogP contribution in [0, 0.1) is 41.4 Å². The monoisotopic (exact) mass is 637 g/mol. The first-order valence-electron chi connectivity index (χ1n) is 20.8. The van der Waals surface area contributed by atoms with E-state index in [-0.39, 0.29) is 0 Å². The molecule has 0 fully saturated rings. The highest BCUT2D eigenvalue weighted by Crippen LogP contribution is 2.25. The van der Waals surface area contributed by atoms with Gasteiger partial charge < -0.3 is 8.97 Å². The van der Waals surface area contributed by atoms with E-state index in [4.69, 9.17) is 0 Å². The minimum atomic E-state index is 0.793. The molecule has 0 aromatic carbocycles. The fourth-order valence-corrected chi connectivity index (χ4v) is 7.07. The lowest BCUT2D eigenvalue weighted by atomic mass is 9.94. The summed E-state index contributed by atoms with van der Waals surface area (Å²) in [5, 5.41) is 0. The Morgan fingerprint density at radius 3 is 0.800 bits per heavy atom. The van der Waals surface area contributed by atoms with Crippen LogP contribution < -0.4 is 0 Å². The molecule has 0 spiro atoms. The standard InChI is InChI=1S/C43H92N2/c1-37(2)24-31-44(32-25-38(3)4,33-26-39(5)6)29-22-20-18-16-14-15-17-19-21-23-30-45(34-27-40(7)8,35-28-41(9)10)36-43(13)42(11)12/h37-43H,14-36H2,1-13H3/q+2. The van der Waals surface area contributed by atoms with Crippen molar-refractivity contribution >= 4 is 0 Å². The fraction of sp³-hybridized carbons (Fsp3) is 1.00. The maximum absolute atomic E-state index is 2.52. The molecule has 45 heavy (non-hydrogen) atoms. The summed E-state index contributed by atoms with van der Waals surface area (Å²) in [7, 11) is 0. The van der Waals surface area contributed by atoms with Crippen molar-refractivity contribution in [1.29, 1.82) is 0 Å². The van der Waals surface area contributed by atoms with Crippen molar-refractivity contribution in [2.24, 2.45) is 41.4 Å². The van der Waals surface area contributed by atoms with Crippen LogP contribution >= 0.6 is 0 Å². The third-order valence-corrected chi connectivity index (χ3v) is 11.2. The summed E-state index contributed by atoms with van der Waals surface area (Å²) < 4.78 is 2.79. The summed E-state index contributed by atoms with van der Waals surface area (Å²) in [6.07, 6.45) is 21.5. The molecule has 0 saturated heterocycles. The minimum Gasteiger partial charge on any atom is -0.324 e. The Balaban J connectivity index is 4.60. The lowest BCUT2D eigenvalue weighted by Crippen LogP contribution is -2.53. The molecule has 1 atom stereocenters. The molecular formula is C43H92N2+2. The summed E-state index contributed by atoms with van der Waals surface area (Å²) in [5.74, 6) is 5.72. The largest absolute Gasteiger partial charge is 0.324 e. The van der Waals surface area contributed by atoms with E-state index in [0.717, 1.165) is 41.4 Å². The van der Waals surface area contributed by atoms with E-state index in [1.165, 1.54) is 158 Å². The van der Waals surface area contributed by atoms with Gasteiger partial charge in [0.05, 0.1) is 52.4 Å². The summed E-state index contributed by atoms with van der Waals surface area (Å²) in [6, 6.07) is 0. The highest BCUT2D eigenvalue weighted by atomic mass is 15.4. The third kappa shape index (κ3) is 24.7. The quantitative estimate of drug-likeness (QED) is 0.0524. The van der Waals surface area contributed by atoms with Crippen LogP contribution in [0.5, 0.6) is 0 Å². The van der Waals surface area contributed by atoms with E-state index < -0.39 is 0 Å². The van der Waals surface area contributed by atoms with Crippen molar-refractivity contribution in [1.82, 2.24) is 0 Å². The maximum Gasteiger partial charge on any atom is 0.0815 e. The van der Waals surface area contributed by atoms with Crippen molar-refractivity contribution in [3.05, 3.63) is 0 Å². The van der Waals surface area contributed by atoms with Crippen LogP contribution in [0.4, 0.5) is 0 Å². The van der Waals surface area contributed by atoms with Crippen LogP contribution in [-0.2, 0) is 0 Å². The molecule has 272 valence electrons. The predicted octanol–water partition coefficient (Wildman–Crippen LogP) is 13.0. The number of nitrogens with zero attached hydrogens (tertiary/aromatic N) is 2. The first-order chi connectivity index (χ1) is 21.1. The van der Waals surface area contributed by atoms with Gasteiger partial charge in [-0.3, -0.25) is 0 Å². The van der Waals surface area contributed by atoms with Crippen LogP contribution in [-0.4, -0.2) is 61.3 Å². The van der Waals surface area contributed by atoms with Gasteiger partial charge in [-0.05, 0) is 93.3 Å². The van der Waals surface area contributed by atoms with E-state index in [1.807, 2.05) is 0 Å². The predicted molar refractivity (Wildman–Crippen MR) is 207 cm³/mol. The number of quaternary nitrogens is 2. The van der Waals surface area contributed by atoms with Crippen molar-refractivity contribution in [2.45, 2.75) is 186 Å². The van der Waals surface area contributed by atoms with Crippen LogP contribution in [0.1, 0.15) is 186 Å². The van der Waals surface area contributed by atoms with Crippen molar-refractivity contribution in [3.63, 3.8) is 0 Å². The minimum absolute atomic E-state index is 0.793. The summed E-state index contributed by atoms with van der Waals surface area (Å²) >= 11 is 0. The van der Waals surface area contributed by atoms with Crippen LogP contribution in [0.25, 0.3) is 0 Å². The van der Waals surface area contributed by atoms with Gasteiger partial charge in [0.2, 0.25) is 0 Å². The van der Waals surface area contributed by atoms with E-state index in [0.29, 0.717) is 0 Å². The van der Waals surface area contributed by atoms with Gasteiger partial charge in [-0.1, -0.05) is 129 Å². The zero-order chi connectivity index (χ0) is 34.3. The molecule has 0 aliphatic rings. The first-order valence-corrected chi connectivity index (χ1v) is 20.8. The Morgan fingerprint density at radius 1 is 0.289 bits per heavy atom. The lowest BCUT2D eigenvalue weighted by molar-refractivity contribution is -0.932. The molecule has 0 N–H and O–H groups in total. The third-order valence-electron chi connectivity index (χ3n) is 11.2. The molecule has 0 rings (SSSR count). The highest BCUT2D eigenvalue weighted by Gasteiger charge is 2.31. The molecule has 2 nitrogen and oxygen atoms in total. The molecule has 2 heteroatoms. The molecule has 0 bridgehead atoms. The van der Waals surface area contributed by atoms with Gasteiger partial charge in [0.1, 0.15) is 0 Å². The highest BCUT2D eigenvalue weighted by molar-refractivity contribution is 4.62. The van der Waals surface area contributed by atoms with Gasteiger partial charge in [0, 0.05) is 5.92 Å². The SMILES string of the molecule is CC(C)CC[N+](CCCCCCCCCCCC[N+](CCC(C)C)(CCC(C)C)CC(C)C(C)C)(CCC(C)C)CCC(C)C. The van der Waals surface area contributed by atoms with E-state index >= 15 is 0 Å². The Bertz CT molecular complexity index is 603. The summed E-state index contributed by atoms with van der Waals surface area (Å²) in [4.78, 5) is 0. The molecule has 0 aliphatic carbocycles. The molecule has 0 aromatic rings. The topological polar surface area (TPSA) is 0 Å². The number of rotatable bonds is 31. The molecule has 0 radical (unpaired) electrons. The first kappa shape index (κ1) is 44.9. The van der Waals surface area contributed by atoms with Gasteiger partial charge >= 0.3 is 0 Å². The molecule has 0 saturated carbocycles. The Hall–Kier alpha value is -0.0800. The Labute approximate surface area is 288 Å². The Morgan fingerprint density at radius 2 is 0.533 bits per heavy atom. The zero-order valence-corrected chi connectivity index (χ0v) is 34.2. The maximum atomic E-state index is 2.52. The fourth-order valence-electron chi connectivity index (χ4n) is 7.07. The van der Waals surface area contributed by atoms with E-state index in [2.05, 4.69) is 90.0 Å². The lowest BCUT2D eigenvalue weighted by Gasteiger charge is -2.42. The van der Waals surface area contributed by atoms with E-state index in [1.54, 1.807) is 0 Å². The smallest absolute Gasteiger partial charge is 0.0815 e. The molecule has 0 aromatic heterocycles. The second kappa shape index (κ2) is 25.9. The normalized spacial score (nSPS) is 13.9. The van der Waals surface area contributed by atoms with Crippen molar-refractivity contribution in [3.8, 4) is 0 Å². The molecule has 0 aliphatic heterocycles.